The van der Waals surface area contributed by atoms with E-state index in [1.165, 1.54) is 6.08 Å². The maximum atomic E-state index is 10.9. The van der Waals surface area contributed by atoms with Crippen molar-refractivity contribution >= 4 is 0 Å². The molecule has 0 aliphatic heterocycles. The molecule has 0 saturated heterocycles. The summed E-state index contributed by atoms with van der Waals surface area (Å²) in [6.07, 6.45) is 6.28. The number of methoxy groups -OCH3 is 1. The van der Waals surface area contributed by atoms with E-state index in [2.05, 4.69) is 12.5 Å². The summed E-state index contributed by atoms with van der Waals surface area (Å²) >= 11 is 0. The van der Waals surface area contributed by atoms with E-state index in [-0.39, 0.29) is 0 Å². The Bertz CT molecular complexity index is 655. The Morgan fingerprint density at radius 3 is 2.23 bits per heavy atom. The molecule has 112 valence electrons. The Morgan fingerprint density at radius 2 is 1.73 bits per heavy atom. The minimum absolute atomic E-state index is 0.565. The Balaban J connectivity index is 2.29. The maximum Gasteiger partial charge on any atom is 0.191 e. The fourth-order valence-corrected chi connectivity index (χ4v) is 2.13. The average molecular weight is 294 g/mol. The van der Waals surface area contributed by atoms with Crippen molar-refractivity contribution in [2.45, 2.75) is 11.7 Å². The third-order valence-corrected chi connectivity index (χ3v) is 3.38. The summed E-state index contributed by atoms with van der Waals surface area (Å²) in [5.74, 6) is 3.71. The Kier molecular flexibility index (Phi) is 4.88. The molecule has 0 bridgehead atoms. The van der Waals surface area contributed by atoms with E-state index >= 15 is 0 Å². The molecule has 22 heavy (non-hydrogen) atoms. The number of hydrogen-bond acceptors (Lipinski definition) is 3. The first-order valence-electron chi connectivity index (χ1n) is 6.83. The molecule has 2 rings (SSSR count). The second-order valence-electron chi connectivity index (χ2n) is 4.73. The molecular weight excluding hydrogens is 276 g/mol. The van der Waals surface area contributed by atoms with Crippen LogP contribution in [0.15, 0.2) is 67.3 Å². The third kappa shape index (κ3) is 3.13. The van der Waals surface area contributed by atoms with Gasteiger partial charge in [-0.05, 0) is 35.9 Å². The van der Waals surface area contributed by atoms with Gasteiger partial charge in [-0.2, -0.15) is 0 Å². The summed E-state index contributed by atoms with van der Waals surface area (Å²) in [5, 5.41) is 10.9. The number of aliphatic hydroxyl groups is 1. The van der Waals surface area contributed by atoms with E-state index in [0.29, 0.717) is 11.3 Å². The van der Waals surface area contributed by atoms with Crippen LogP contribution in [0.25, 0.3) is 0 Å². The number of benzene rings is 2. The van der Waals surface area contributed by atoms with Crippen molar-refractivity contribution in [3.63, 3.8) is 0 Å². The lowest BCUT2D eigenvalue weighted by molar-refractivity contribution is 0.00372. The maximum absolute atomic E-state index is 10.9. The molecule has 1 N–H and O–H groups in total. The summed E-state index contributed by atoms with van der Waals surface area (Å²) in [4.78, 5) is 0. The fourth-order valence-electron chi connectivity index (χ4n) is 2.13. The third-order valence-electron chi connectivity index (χ3n) is 3.38. The Hall–Kier alpha value is -2.70. The van der Waals surface area contributed by atoms with Gasteiger partial charge in [0.1, 0.15) is 11.5 Å². The first-order valence-corrected chi connectivity index (χ1v) is 6.83. The minimum atomic E-state index is -1.59. The first kappa shape index (κ1) is 15.7. The summed E-state index contributed by atoms with van der Waals surface area (Å²) in [6, 6.07) is 16.0. The quantitative estimate of drug-likeness (QED) is 0.657. The predicted octanol–water partition coefficient (Wildman–Crippen LogP) is 3.15. The van der Waals surface area contributed by atoms with Gasteiger partial charge in [-0.3, -0.25) is 0 Å². The summed E-state index contributed by atoms with van der Waals surface area (Å²) in [7, 11) is 1.59. The highest BCUT2D eigenvalue weighted by atomic mass is 16.5. The highest BCUT2D eigenvalue weighted by Gasteiger charge is 2.36. The van der Waals surface area contributed by atoms with Gasteiger partial charge in [0.25, 0.3) is 0 Å². The number of rotatable bonds is 6. The van der Waals surface area contributed by atoms with Crippen molar-refractivity contribution < 1.29 is 14.6 Å². The SMILES string of the molecule is C#C[C@@](O)(c1ccccc1)[C@H](C=C)Oc1ccc(OC)cc1. The largest absolute Gasteiger partial charge is 0.497 e. The smallest absolute Gasteiger partial charge is 0.191 e. The van der Waals surface area contributed by atoms with Gasteiger partial charge in [0.05, 0.1) is 7.11 Å². The second-order valence-corrected chi connectivity index (χ2v) is 4.73. The molecule has 0 spiro atoms. The van der Waals surface area contributed by atoms with Crippen LogP contribution in [0.5, 0.6) is 11.5 Å². The molecule has 3 nitrogen and oxygen atoms in total. The van der Waals surface area contributed by atoms with Gasteiger partial charge in [-0.15, -0.1) is 6.42 Å². The van der Waals surface area contributed by atoms with Crippen LogP contribution in [-0.4, -0.2) is 18.3 Å². The van der Waals surface area contributed by atoms with Crippen LogP contribution >= 0.6 is 0 Å². The van der Waals surface area contributed by atoms with Crippen molar-refractivity contribution in [2.24, 2.45) is 0 Å². The van der Waals surface area contributed by atoms with Gasteiger partial charge in [0.2, 0.25) is 0 Å². The van der Waals surface area contributed by atoms with Gasteiger partial charge in [-0.25, -0.2) is 0 Å². The highest BCUT2D eigenvalue weighted by molar-refractivity contribution is 5.36. The lowest BCUT2D eigenvalue weighted by Gasteiger charge is -2.30. The normalized spacial score (nSPS) is 14.2. The van der Waals surface area contributed by atoms with Gasteiger partial charge in [0.15, 0.2) is 11.7 Å². The molecule has 0 aliphatic carbocycles. The van der Waals surface area contributed by atoms with Crippen LogP contribution in [0.3, 0.4) is 0 Å². The van der Waals surface area contributed by atoms with Crippen LogP contribution in [0, 0.1) is 12.3 Å². The van der Waals surface area contributed by atoms with Crippen LogP contribution in [0.1, 0.15) is 5.56 Å². The monoisotopic (exact) mass is 294 g/mol. The van der Waals surface area contributed by atoms with Crippen LogP contribution < -0.4 is 9.47 Å². The summed E-state index contributed by atoms with van der Waals surface area (Å²) < 4.78 is 10.9. The van der Waals surface area contributed by atoms with Crippen LogP contribution in [-0.2, 0) is 5.60 Å². The second kappa shape index (κ2) is 6.84. The number of hydrogen-bond donors (Lipinski definition) is 1. The van der Waals surface area contributed by atoms with Gasteiger partial charge in [0, 0.05) is 0 Å². The molecule has 2 aromatic rings. The molecule has 0 fully saturated rings. The zero-order valence-electron chi connectivity index (χ0n) is 12.4. The van der Waals surface area contributed by atoms with Crippen molar-refractivity contribution in [3.8, 4) is 23.8 Å². The van der Waals surface area contributed by atoms with E-state index in [9.17, 15) is 5.11 Å². The first-order chi connectivity index (χ1) is 10.6. The fraction of sp³-hybridized carbons (Fsp3) is 0.158. The molecule has 2 aromatic carbocycles. The minimum Gasteiger partial charge on any atom is -0.497 e. The molecule has 0 saturated carbocycles. The van der Waals surface area contributed by atoms with E-state index in [1.54, 1.807) is 43.5 Å². The lowest BCUT2D eigenvalue weighted by atomic mass is 9.88. The Morgan fingerprint density at radius 1 is 1.14 bits per heavy atom. The zero-order valence-corrected chi connectivity index (χ0v) is 12.4. The van der Waals surface area contributed by atoms with Crippen LogP contribution in [0.4, 0.5) is 0 Å². The Labute approximate surface area is 130 Å². The standard InChI is InChI=1S/C19H18O3/c1-4-18(22-17-13-11-16(21-3)12-14-17)19(20,5-2)15-9-7-6-8-10-15/h2,4,6-14,18,20H,1H2,3H3/t18-,19+/m0/s1. The molecule has 0 heterocycles. The molecule has 0 aromatic heterocycles. The van der Waals surface area contributed by atoms with Gasteiger partial charge in [-0.1, -0.05) is 42.8 Å². The highest BCUT2D eigenvalue weighted by Crippen LogP contribution is 2.29. The molecule has 0 radical (unpaired) electrons. The van der Waals surface area contributed by atoms with E-state index < -0.39 is 11.7 Å². The topological polar surface area (TPSA) is 38.7 Å². The van der Waals surface area contributed by atoms with E-state index in [0.717, 1.165) is 5.75 Å². The molecule has 3 heteroatoms. The van der Waals surface area contributed by atoms with Crippen molar-refractivity contribution in [2.75, 3.05) is 7.11 Å². The molecule has 2 atom stereocenters. The number of terminal acetylenes is 1. The van der Waals surface area contributed by atoms with Crippen LogP contribution in [0.2, 0.25) is 0 Å². The molecule has 0 aliphatic rings. The zero-order chi connectivity index (χ0) is 16.0. The average Bonchev–Trinajstić information content (AvgIpc) is 2.60. The van der Waals surface area contributed by atoms with E-state index in [4.69, 9.17) is 15.9 Å². The predicted molar refractivity (Wildman–Crippen MR) is 86.8 cm³/mol. The summed E-state index contributed by atoms with van der Waals surface area (Å²) in [6.45, 7) is 3.73. The molecule has 0 amide bonds. The summed E-state index contributed by atoms with van der Waals surface area (Å²) in [5.41, 5.74) is -1.01. The number of ether oxygens (including phenoxy) is 2. The van der Waals surface area contributed by atoms with Gasteiger partial charge >= 0.3 is 0 Å². The van der Waals surface area contributed by atoms with Crippen molar-refractivity contribution in [1.82, 2.24) is 0 Å². The van der Waals surface area contributed by atoms with E-state index in [1.807, 2.05) is 18.2 Å². The van der Waals surface area contributed by atoms with Crippen molar-refractivity contribution in [3.05, 3.63) is 72.8 Å². The lowest BCUT2D eigenvalue weighted by Crippen LogP contribution is -2.40. The molecular formula is C19H18O3. The van der Waals surface area contributed by atoms with Gasteiger partial charge < -0.3 is 14.6 Å². The molecule has 0 unspecified atom stereocenters. The van der Waals surface area contributed by atoms with Crippen molar-refractivity contribution in [1.29, 1.82) is 0 Å².